The van der Waals surface area contributed by atoms with E-state index in [2.05, 4.69) is 83.5 Å². The predicted molar refractivity (Wildman–Crippen MR) is 114 cm³/mol. The van der Waals surface area contributed by atoms with E-state index in [1.807, 2.05) is 0 Å². The number of hydrogen-bond donors (Lipinski definition) is 0. The molecule has 0 bridgehead atoms. The van der Waals surface area contributed by atoms with Crippen molar-refractivity contribution in [2.75, 3.05) is 41.4 Å². The largest absolute Gasteiger partial charge is 1.00 e. The van der Waals surface area contributed by atoms with Crippen LogP contribution in [-0.4, -0.2) is 45.9 Å². The minimum atomic E-state index is 0. The number of rotatable bonds is 10. The van der Waals surface area contributed by atoms with Crippen molar-refractivity contribution in [3.05, 3.63) is 59.7 Å². The number of ether oxygens (including phenoxy) is 2. The summed E-state index contributed by atoms with van der Waals surface area (Å²) in [5.41, 5.74) is 2.77. The Morgan fingerprint density at radius 2 is 1.18 bits per heavy atom. The van der Waals surface area contributed by atoms with Gasteiger partial charge in [-0.3, -0.25) is 0 Å². The summed E-state index contributed by atoms with van der Waals surface area (Å²) in [7, 11) is 8.26. The standard InChI is InChI=1S/C24H36NO2.HI/c1-7-23(19-9-13-21(26-6)14-10-19)24(8-2)20-11-15-22(16-12-20)27-18-17-25(3,4)5;/h9-16,23-24H,7-8,17-18H2,1-6H3;1H/q+1;/p-1. The predicted octanol–water partition coefficient (Wildman–Crippen LogP) is 2.47. The molecule has 0 fully saturated rings. The highest BCUT2D eigenvalue weighted by atomic mass is 127. The van der Waals surface area contributed by atoms with Gasteiger partial charge >= 0.3 is 0 Å². The van der Waals surface area contributed by atoms with Gasteiger partial charge in [0.1, 0.15) is 24.7 Å². The fraction of sp³-hybridized carbons (Fsp3) is 0.500. The van der Waals surface area contributed by atoms with Crippen molar-refractivity contribution in [1.82, 2.24) is 0 Å². The maximum atomic E-state index is 5.92. The molecule has 0 aromatic heterocycles. The van der Waals surface area contributed by atoms with E-state index in [4.69, 9.17) is 9.47 Å². The number of methoxy groups -OCH3 is 1. The first-order valence-electron chi connectivity index (χ1n) is 10.0. The normalized spacial score (nSPS) is 13.4. The van der Waals surface area contributed by atoms with Crippen LogP contribution in [-0.2, 0) is 0 Å². The zero-order valence-corrected chi connectivity index (χ0v) is 20.4. The van der Waals surface area contributed by atoms with Gasteiger partial charge in [0.2, 0.25) is 0 Å². The quantitative estimate of drug-likeness (QED) is 0.371. The van der Waals surface area contributed by atoms with Gasteiger partial charge in [0.05, 0.1) is 28.3 Å². The molecule has 0 radical (unpaired) electrons. The Labute approximate surface area is 188 Å². The van der Waals surface area contributed by atoms with Gasteiger partial charge in [-0.15, -0.1) is 0 Å². The van der Waals surface area contributed by atoms with Crippen molar-refractivity contribution in [2.24, 2.45) is 0 Å². The van der Waals surface area contributed by atoms with Crippen molar-refractivity contribution < 1.29 is 37.9 Å². The van der Waals surface area contributed by atoms with E-state index in [0.29, 0.717) is 11.8 Å². The molecule has 156 valence electrons. The van der Waals surface area contributed by atoms with Crippen LogP contribution in [0, 0.1) is 0 Å². The van der Waals surface area contributed by atoms with Crippen LogP contribution in [0.4, 0.5) is 0 Å². The van der Waals surface area contributed by atoms with E-state index in [1.54, 1.807) is 7.11 Å². The van der Waals surface area contributed by atoms with Crippen LogP contribution in [0.1, 0.15) is 49.7 Å². The smallest absolute Gasteiger partial charge is 0.137 e. The summed E-state index contributed by atoms with van der Waals surface area (Å²) in [6.45, 7) is 6.29. The van der Waals surface area contributed by atoms with Crippen molar-refractivity contribution in [3.8, 4) is 11.5 Å². The highest BCUT2D eigenvalue weighted by Gasteiger charge is 2.22. The second kappa shape index (κ2) is 11.7. The Hall–Kier alpha value is -1.27. The van der Waals surface area contributed by atoms with Gasteiger partial charge in [0, 0.05) is 0 Å². The van der Waals surface area contributed by atoms with Crippen LogP contribution in [0.2, 0.25) is 0 Å². The minimum Gasteiger partial charge on any atom is -1.00 e. The topological polar surface area (TPSA) is 18.5 Å². The van der Waals surface area contributed by atoms with Crippen LogP contribution in [0.25, 0.3) is 0 Å². The van der Waals surface area contributed by atoms with Crippen molar-refractivity contribution in [2.45, 2.75) is 38.5 Å². The van der Waals surface area contributed by atoms with Crippen LogP contribution >= 0.6 is 0 Å². The van der Waals surface area contributed by atoms with Gasteiger partial charge in [0.25, 0.3) is 0 Å². The summed E-state index contributed by atoms with van der Waals surface area (Å²) < 4.78 is 12.1. The van der Waals surface area contributed by atoms with Gasteiger partial charge in [-0.2, -0.15) is 0 Å². The molecule has 0 aliphatic carbocycles. The van der Waals surface area contributed by atoms with Gasteiger partial charge < -0.3 is 37.9 Å². The number of halogens is 1. The number of quaternary nitrogens is 1. The van der Waals surface area contributed by atoms with Gasteiger partial charge in [0.15, 0.2) is 0 Å². The Balaban J connectivity index is 0.00000392. The lowest BCUT2D eigenvalue weighted by Gasteiger charge is -2.27. The Bertz CT molecular complexity index is 677. The molecule has 2 aromatic carbocycles. The molecule has 0 saturated carbocycles. The molecule has 0 aliphatic heterocycles. The highest BCUT2D eigenvalue weighted by molar-refractivity contribution is 5.35. The molecule has 2 rings (SSSR count). The maximum absolute atomic E-state index is 5.92. The molecule has 0 N–H and O–H groups in total. The third kappa shape index (κ3) is 7.28. The summed E-state index contributed by atoms with van der Waals surface area (Å²) >= 11 is 0. The number of likely N-dealkylation sites (N-methyl/N-ethyl adjacent to an activating group) is 1. The SMILES string of the molecule is CCC(c1ccc(OC)cc1)C(CC)c1ccc(OCC[N+](C)(C)C)cc1.[I-]. The summed E-state index contributed by atoms with van der Waals surface area (Å²) in [6, 6.07) is 17.3. The summed E-state index contributed by atoms with van der Waals surface area (Å²) in [6.07, 6.45) is 2.23. The van der Waals surface area contributed by atoms with Crippen molar-refractivity contribution in [3.63, 3.8) is 0 Å². The monoisotopic (exact) mass is 497 g/mol. The zero-order valence-electron chi connectivity index (χ0n) is 18.2. The number of nitrogens with zero attached hydrogens (tertiary/aromatic N) is 1. The molecule has 0 spiro atoms. The van der Waals surface area contributed by atoms with Gasteiger partial charge in [-0.05, 0) is 60.1 Å². The molecular weight excluding hydrogens is 461 g/mol. The number of hydrogen-bond acceptors (Lipinski definition) is 2. The van der Waals surface area contributed by atoms with Crippen LogP contribution in [0.5, 0.6) is 11.5 Å². The Kier molecular flexibility index (Phi) is 10.3. The summed E-state index contributed by atoms with van der Waals surface area (Å²) in [5, 5.41) is 0. The maximum Gasteiger partial charge on any atom is 0.137 e. The van der Waals surface area contributed by atoms with E-state index in [0.717, 1.165) is 42.0 Å². The zero-order chi connectivity index (χ0) is 19.9. The first kappa shape index (κ1) is 24.8. The molecular formula is C24H36INO2. The van der Waals surface area contributed by atoms with Crippen molar-refractivity contribution >= 4 is 0 Å². The molecule has 0 amide bonds. The van der Waals surface area contributed by atoms with Crippen LogP contribution < -0.4 is 33.5 Å². The second-order valence-corrected chi connectivity index (χ2v) is 8.23. The van der Waals surface area contributed by atoms with E-state index >= 15 is 0 Å². The van der Waals surface area contributed by atoms with Crippen LogP contribution in [0.15, 0.2) is 48.5 Å². The van der Waals surface area contributed by atoms with E-state index < -0.39 is 0 Å². The summed E-state index contributed by atoms with van der Waals surface area (Å²) in [4.78, 5) is 0. The lowest BCUT2D eigenvalue weighted by molar-refractivity contribution is -0.870. The van der Waals surface area contributed by atoms with Gasteiger partial charge in [-0.1, -0.05) is 38.1 Å². The van der Waals surface area contributed by atoms with E-state index in [1.165, 1.54) is 11.1 Å². The van der Waals surface area contributed by atoms with E-state index in [9.17, 15) is 0 Å². The second-order valence-electron chi connectivity index (χ2n) is 8.23. The fourth-order valence-electron chi connectivity index (χ4n) is 3.60. The average molecular weight is 497 g/mol. The van der Waals surface area contributed by atoms with Crippen molar-refractivity contribution in [1.29, 1.82) is 0 Å². The molecule has 28 heavy (non-hydrogen) atoms. The molecule has 2 aromatic rings. The first-order chi connectivity index (χ1) is 12.9. The molecule has 0 saturated heterocycles. The molecule has 0 aliphatic rings. The molecule has 0 heterocycles. The minimum absolute atomic E-state index is 0. The first-order valence-corrected chi connectivity index (χ1v) is 10.0. The lowest BCUT2D eigenvalue weighted by Crippen LogP contribution is -3.00. The molecule has 2 unspecified atom stereocenters. The summed E-state index contributed by atoms with van der Waals surface area (Å²) in [5.74, 6) is 2.88. The van der Waals surface area contributed by atoms with Gasteiger partial charge in [-0.25, -0.2) is 0 Å². The lowest BCUT2D eigenvalue weighted by atomic mass is 9.78. The fourth-order valence-corrected chi connectivity index (χ4v) is 3.60. The molecule has 4 heteroatoms. The Morgan fingerprint density at radius 3 is 1.54 bits per heavy atom. The Morgan fingerprint density at radius 1 is 0.750 bits per heavy atom. The molecule has 3 nitrogen and oxygen atoms in total. The average Bonchev–Trinajstić information content (AvgIpc) is 2.66. The highest BCUT2D eigenvalue weighted by Crippen LogP contribution is 2.38. The van der Waals surface area contributed by atoms with E-state index in [-0.39, 0.29) is 24.0 Å². The number of benzene rings is 2. The third-order valence-corrected chi connectivity index (χ3v) is 5.25. The third-order valence-electron chi connectivity index (χ3n) is 5.25. The molecule has 2 atom stereocenters. The van der Waals surface area contributed by atoms with Crippen LogP contribution in [0.3, 0.4) is 0 Å².